The van der Waals surface area contributed by atoms with Gasteiger partial charge >= 0.3 is 0 Å². The number of rotatable bonds is 0. The van der Waals surface area contributed by atoms with Gasteiger partial charge in [0.05, 0.1) is 0 Å². The van der Waals surface area contributed by atoms with E-state index in [-0.39, 0.29) is 0 Å². The van der Waals surface area contributed by atoms with Gasteiger partial charge in [0.15, 0.2) is 0 Å². The molecule has 2 atom stereocenters. The maximum absolute atomic E-state index is 6.02. The zero-order valence-corrected chi connectivity index (χ0v) is 8.40. The van der Waals surface area contributed by atoms with Crippen LogP contribution in [0.4, 0.5) is 0 Å². The quantitative estimate of drug-likeness (QED) is 0.622. The van der Waals surface area contributed by atoms with Crippen LogP contribution in [-0.4, -0.2) is 29.3 Å². The van der Waals surface area contributed by atoms with E-state index in [1.807, 2.05) is 0 Å². The summed E-state index contributed by atoms with van der Waals surface area (Å²) >= 11 is 2.09. The Labute approximate surface area is 78.2 Å². The largest absolute Gasteiger partial charge is 0.381 e. The van der Waals surface area contributed by atoms with Gasteiger partial charge in [-0.3, -0.25) is 0 Å². The van der Waals surface area contributed by atoms with Crippen LogP contribution in [0.15, 0.2) is 0 Å². The van der Waals surface area contributed by atoms with Gasteiger partial charge < -0.3 is 10.5 Å². The number of hydrogen-bond donors (Lipinski definition) is 1. The molecule has 0 amide bonds. The van der Waals surface area contributed by atoms with Crippen molar-refractivity contribution in [2.24, 2.45) is 5.73 Å². The molecule has 2 aliphatic heterocycles. The third kappa shape index (κ3) is 1.50. The molecule has 12 heavy (non-hydrogen) atoms. The van der Waals surface area contributed by atoms with E-state index in [4.69, 9.17) is 10.5 Å². The maximum atomic E-state index is 6.02. The molecule has 0 aromatic heterocycles. The minimum Gasteiger partial charge on any atom is -0.381 e. The van der Waals surface area contributed by atoms with Gasteiger partial charge in [-0.05, 0) is 19.3 Å². The Morgan fingerprint density at radius 3 is 2.58 bits per heavy atom. The number of hydrogen-bond acceptors (Lipinski definition) is 3. The zero-order chi connectivity index (χ0) is 8.60. The first kappa shape index (κ1) is 8.85. The highest BCUT2D eigenvalue weighted by Gasteiger charge is 2.43. The summed E-state index contributed by atoms with van der Waals surface area (Å²) in [4.78, 5) is 0. The molecule has 0 aliphatic carbocycles. The monoisotopic (exact) mass is 187 g/mol. The number of nitrogens with two attached hydrogens (primary N) is 1. The third-order valence-electron chi connectivity index (χ3n) is 3.05. The van der Waals surface area contributed by atoms with Gasteiger partial charge in [0.1, 0.15) is 0 Å². The van der Waals surface area contributed by atoms with Crippen molar-refractivity contribution in [3.05, 3.63) is 0 Å². The normalized spacial score (nSPS) is 40.5. The van der Waals surface area contributed by atoms with Crippen LogP contribution in [0, 0.1) is 0 Å². The summed E-state index contributed by atoms with van der Waals surface area (Å²) in [5, 5.41) is 0.642. The topological polar surface area (TPSA) is 35.2 Å². The third-order valence-corrected chi connectivity index (χ3v) is 4.85. The minimum atomic E-state index is 0.410. The Hall–Kier alpha value is 0.270. The van der Waals surface area contributed by atoms with Crippen molar-refractivity contribution in [2.45, 2.75) is 42.2 Å². The van der Waals surface area contributed by atoms with Crippen molar-refractivity contribution in [3.63, 3.8) is 0 Å². The fraction of sp³-hybridized carbons (Fsp3) is 1.00. The first-order chi connectivity index (χ1) is 5.72. The first-order valence-electron chi connectivity index (χ1n) is 4.73. The molecule has 70 valence electrons. The lowest BCUT2D eigenvalue weighted by molar-refractivity contribution is 0.0759. The number of thioether (sulfide) groups is 1. The molecule has 2 heterocycles. The predicted octanol–water partition coefficient (Wildman–Crippen LogP) is 1.39. The molecule has 0 bridgehead atoms. The first-order valence-corrected chi connectivity index (χ1v) is 5.61. The second-order valence-corrected chi connectivity index (χ2v) is 5.83. The average molecular weight is 187 g/mol. The summed E-state index contributed by atoms with van der Waals surface area (Å²) in [6.07, 6.45) is 3.60. The highest BCUT2D eigenvalue weighted by Crippen LogP contribution is 2.48. The molecule has 2 nitrogen and oxygen atoms in total. The van der Waals surface area contributed by atoms with E-state index in [0.29, 0.717) is 16.0 Å². The Balaban J connectivity index is 2.02. The Morgan fingerprint density at radius 1 is 1.42 bits per heavy atom. The van der Waals surface area contributed by atoms with E-state index in [9.17, 15) is 0 Å². The van der Waals surface area contributed by atoms with Crippen LogP contribution in [0.5, 0.6) is 0 Å². The molecule has 0 aromatic carbocycles. The Kier molecular flexibility index (Phi) is 2.36. The van der Waals surface area contributed by atoms with E-state index in [2.05, 4.69) is 18.7 Å². The van der Waals surface area contributed by atoms with Gasteiger partial charge in [0, 0.05) is 29.3 Å². The molecule has 2 aliphatic rings. The van der Waals surface area contributed by atoms with Gasteiger partial charge in [0.2, 0.25) is 0 Å². The number of ether oxygens (including phenoxy) is 1. The van der Waals surface area contributed by atoms with Crippen LogP contribution < -0.4 is 5.73 Å². The highest BCUT2D eigenvalue weighted by atomic mass is 32.2. The van der Waals surface area contributed by atoms with Crippen LogP contribution >= 0.6 is 11.8 Å². The molecule has 2 fully saturated rings. The molecule has 2 unspecified atom stereocenters. The van der Waals surface area contributed by atoms with Crippen LogP contribution in [0.2, 0.25) is 0 Å². The molecule has 0 saturated carbocycles. The molecular formula is C9H17NOS. The van der Waals surface area contributed by atoms with Gasteiger partial charge in [0.25, 0.3) is 0 Å². The van der Waals surface area contributed by atoms with Crippen molar-refractivity contribution in [1.82, 2.24) is 0 Å². The molecule has 2 rings (SSSR count). The van der Waals surface area contributed by atoms with Gasteiger partial charge in [-0.1, -0.05) is 6.92 Å². The summed E-state index contributed by atoms with van der Waals surface area (Å²) in [5.74, 6) is 0. The molecular weight excluding hydrogens is 170 g/mol. The molecule has 3 heteroatoms. The van der Waals surface area contributed by atoms with Crippen LogP contribution in [-0.2, 0) is 4.74 Å². The molecule has 1 spiro atoms. The fourth-order valence-electron chi connectivity index (χ4n) is 2.19. The Bertz CT molecular complexity index is 156. The lowest BCUT2D eigenvalue weighted by Gasteiger charge is -2.32. The van der Waals surface area contributed by atoms with Crippen molar-refractivity contribution in [1.29, 1.82) is 0 Å². The SMILES string of the molecule is CC1SC2(CCOCC2)CC1N. The maximum Gasteiger partial charge on any atom is 0.0479 e. The summed E-state index contributed by atoms with van der Waals surface area (Å²) in [6.45, 7) is 4.12. The van der Waals surface area contributed by atoms with Crippen molar-refractivity contribution in [2.75, 3.05) is 13.2 Å². The lowest BCUT2D eigenvalue weighted by Crippen LogP contribution is -2.33. The van der Waals surface area contributed by atoms with Gasteiger partial charge in [-0.15, -0.1) is 0 Å². The summed E-state index contributed by atoms with van der Waals surface area (Å²) < 4.78 is 5.86. The van der Waals surface area contributed by atoms with E-state index in [0.717, 1.165) is 13.2 Å². The summed E-state index contributed by atoms with van der Waals surface area (Å²) in [7, 11) is 0. The Morgan fingerprint density at radius 2 is 2.08 bits per heavy atom. The van der Waals surface area contributed by atoms with Crippen LogP contribution in [0.3, 0.4) is 0 Å². The van der Waals surface area contributed by atoms with Crippen molar-refractivity contribution < 1.29 is 4.74 Å². The van der Waals surface area contributed by atoms with Crippen LogP contribution in [0.1, 0.15) is 26.2 Å². The van der Waals surface area contributed by atoms with E-state index in [1.54, 1.807) is 0 Å². The average Bonchev–Trinajstić information content (AvgIpc) is 2.29. The highest BCUT2D eigenvalue weighted by molar-refractivity contribution is 8.01. The lowest BCUT2D eigenvalue weighted by atomic mass is 9.91. The molecule has 0 aromatic rings. The van der Waals surface area contributed by atoms with Gasteiger partial charge in [-0.2, -0.15) is 11.8 Å². The summed E-state index contributed by atoms with van der Waals surface area (Å²) in [5.41, 5.74) is 6.02. The van der Waals surface area contributed by atoms with E-state index < -0.39 is 0 Å². The summed E-state index contributed by atoms with van der Waals surface area (Å²) in [6, 6.07) is 0.410. The van der Waals surface area contributed by atoms with Crippen LogP contribution in [0.25, 0.3) is 0 Å². The second-order valence-electron chi connectivity index (χ2n) is 3.99. The molecule has 2 N–H and O–H groups in total. The van der Waals surface area contributed by atoms with E-state index >= 15 is 0 Å². The van der Waals surface area contributed by atoms with Crippen molar-refractivity contribution in [3.8, 4) is 0 Å². The zero-order valence-electron chi connectivity index (χ0n) is 7.58. The smallest absolute Gasteiger partial charge is 0.0479 e. The molecule has 2 saturated heterocycles. The second kappa shape index (κ2) is 3.20. The van der Waals surface area contributed by atoms with Gasteiger partial charge in [-0.25, -0.2) is 0 Å². The van der Waals surface area contributed by atoms with E-state index in [1.165, 1.54) is 19.3 Å². The fourth-order valence-corrected chi connectivity index (χ4v) is 3.94. The molecule has 0 radical (unpaired) electrons. The standard InChI is InChI=1S/C9H17NOS/c1-7-8(10)6-9(12-7)2-4-11-5-3-9/h7-8H,2-6,10H2,1H3. The predicted molar refractivity (Wildman–Crippen MR) is 52.4 cm³/mol. The minimum absolute atomic E-state index is 0.410. The van der Waals surface area contributed by atoms with Crippen molar-refractivity contribution >= 4 is 11.8 Å².